The van der Waals surface area contributed by atoms with Gasteiger partial charge in [0.2, 0.25) is 5.95 Å². The van der Waals surface area contributed by atoms with Crippen LogP contribution in [0.3, 0.4) is 0 Å². The summed E-state index contributed by atoms with van der Waals surface area (Å²) in [4.78, 5) is 23.1. The molecule has 5 rings (SSSR count). The Morgan fingerprint density at radius 3 is 2.65 bits per heavy atom. The standard InChI is InChI=1S/C24H28N6O/c1-3-19(15-26-7-1)17-29-10-2-4-21(18-29)23-22(20-5-8-25-9-6-20)16-27-24(28-23)30-11-13-31-14-12-30/h1,3,5-9,15-16,21H,2,4,10-14,17-18H2/t21-/m0/s1. The number of piperidine rings is 1. The first-order chi connectivity index (χ1) is 15.4. The van der Waals surface area contributed by atoms with Gasteiger partial charge in [-0.25, -0.2) is 9.97 Å². The maximum Gasteiger partial charge on any atom is 0.225 e. The van der Waals surface area contributed by atoms with Crippen molar-refractivity contribution in [2.24, 2.45) is 0 Å². The van der Waals surface area contributed by atoms with E-state index >= 15 is 0 Å². The van der Waals surface area contributed by atoms with E-state index in [4.69, 9.17) is 14.7 Å². The average Bonchev–Trinajstić information content (AvgIpc) is 2.86. The molecule has 0 spiro atoms. The molecule has 2 aliphatic heterocycles. The first-order valence-corrected chi connectivity index (χ1v) is 11.1. The van der Waals surface area contributed by atoms with Gasteiger partial charge in [0.1, 0.15) is 0 Å². The lowest BCUT2D eigenvalue weighted by molar-refractivity contribution is 0.122. The van der Waals surface area contributed by atoms with Gasteiger partial charge < -0.3 is 9.64 Å². The van der Waals surface area contributed by atoms with Gasteiger partial charge in [-0.2, -0.15) is 0 Å². The summed E-state index contributed by atoms with van der Waals surface area (Å²) in [6, 6.07) is 8.26. The van der Waals surface area contributed by atoms with Gasteiger partial charge in [0.25, 0.3) is 0 Å². The molecule has 7 heteroatoms. The second-order valence-corrected chi connectivity index (χ2v) is 8.24. The van der Waals surface area contributed by atoms with Crippen LogP contribution < -0.4 is 4.90 Å². The monoisotopic (exact) mass is 416 g/mol. The molecule has 2 fully saturated rings. The van der Waals surface area contributed by atoms with Crippen molar-refractivity contribution in [2.45, 2.75) is 25.3 Å². The molecule has 0 bridgehead atoms. The first-order valence-electron chi connectivity index (χ1n) is 11.1. The van der Waals surface area contributed by atoms with Crippen molar-refractivity contribution in [1.82, 2.24) is 24.8 Å². The molecule has 31 heavy (non-hydrogen) atoms. The third-order valence-electron chi connectivity index (χ3n) is 6.11. The number of morpholine rings is 1. The quantitative estimate of drug-likeness (QED) is 0.633. The molecule has 0 radical (unpaired) electrons. The van der Waals surface area contributed by atoms with Crippen molar-refractivity contribution in [3.05, 3.63) is 66.5 Å². The molecule has 3 aromatic rings. The molecular weight excluding hydrogens is 388 g/mol. The minimum absolute atomic E-state index is 0.372. The van der Waals surface area contributed by atoms with Crippen LogP contribution in [0.25, 0.3) is 11.1 Å². The Morgan fingerprint density at radius 1 is 0.968 bits per heavy atom. The second-order valence-electron chi connectivity index (χ2n) is 8.24. The van der Waals surface area contributed by atoms with Crippen LogP contribution in [0.5, 0.6) is 0 Å². The second kappa shape index (κ2) is 9.49. The Bertz CT molecular complexity index is 978. The Kier molecular flexibility index (Phi) is 6.13. The highest BCUT2D eigenvalue weighted by atomic mass is 16.5. The van der Waals surface area contributed by atoms with Crippen LogP contribution in [0, 0.1) is 0 Å². The number of rotatable bonds is 5. The molecule has 7 nitrogen and oxygen atoms in total. The number of nitrogens with zero attached hydrogens (tertiary/aromatic N) is 6. The topological polar surface area (TPSA) is 67.3 Å². The number of aromatic nitrogens is 4. The predicted molar refractivity (Wildman–Crippen MR) is 120 cm³/mol. The summed E-state index contributed by atoms with van der Waals surface area (Å²) in [7, 11) is 0. The summed E-state index contributed by atoms with van der Waals surface area (Å²) in [5, 5.41) is 0. The Labute approximate surface area is 183 Å². The van der Waals surface area contributed by atoms with Gasteiger partial charge in [-0.05, 0) is 48.7 Å². The fraction of sp³-hybridized carbons (Fsp3) is 0.417. The largest absolute Gasteiger partial charge is 0.378 e. The van der Waals surface area contributed by atoms with E-state index in [-0.39, 0.29) is 0 Å². The van der Waals surface area contributed by atoms with Crippen LogP contribution in [-0.2, 0) is 11.3 Å². The molecule has 0 amide bonds. The molecule has 0 N–H and O–H groups in total. The normalized spacial score (nSPS) is 20.0. The Balaban J connectivity index is 1.44. The lowest BCUT2D eigenvalue weighted by Gasteiger charge is -2.34. The van der Waals surface area contributed by atoms with Gasteiger partial charge in [-0.1, -0.05) is 6.07 Å². The summed E-state index contributed by atoms with van der Waals surface area (Å²) >= 11 is 0. The minimum Gasteiger partial charge on any atom is -0.378 e. The Hall–Kier alpha value is -2.90. The number of hydrogen-bond acceptors (Lipinski definition) is 7. The molecule has 0 aliphatic carbocycles. The molecule has 0 unspecified atom stereocenters. The minimum atomic E-state index is 0.372. The lowest BCUT2D eigenvalue weighted by atomic mass is 9.90. The third kappa shape index (κ3) is 4.73. The van der Waals surface area contributed by atoms with Gasteiger partial charge >= 0.3 is 0 Å². The average molecular weight is 417 g/mol. The highest BCUT2D eigenvalue weighted by Crippen LogP contribution is 2.34. The molecule has 2 aliphatic rings. The van der Waals surface area contributed by atoms with E-state index in [0.717, 1.165) is 81.5 Å². The number of pyridine rings is 2. The molecule has 3 aromatic heterocycles. The van der Waals surface area contributed by atoms with E-state index in [0.29, 0.717) is 5.92 Å². The van der Waals surface area contributed by atoms with Crippen LogP contribution in [0.15, 0.2) is 55.2 Å². The number of anilines is 1. The number of hydrogen-bond donors (Lipinski definition) is 0. The van der Waals surface area contributed by atoms with E-state index in [9.17, 15) is 0 Å². The number of ether oxygens (including phenoxy) is 1. The van der Waals surface area contributed by atoms with Gasteiger partial charge in [0.15, 0.2) is 0 Å². The van der Waals surface area contributed by atoms with Crippen molar-refractivity contribution in [3.8, 4) is 11.1 Å². The maximum absolute atomic E-state index is 5.52. The van der Waals surface area contributed by atoms with E-state index in [1.807, 2.05) is 49.2 Å². The van der Waals surface area contributed by atoms with Gasteiger partial charge in [-0.3, -0.25) is 14.9 Å². The van der Waals surface area contributed by atoms with Crippen molar-refractivity contribution in [2.75, 3.05) is 44.3 Å². The van der Waals surface area contributed by atoms with Crippen LogP contribution in [0.1, 0.15) is 30.0 Å². The van der Waals surface area contributed by atoms with Gasteiger partial charge in [0.05, 0.1) is 18.9 Å². The molecule has 0 saturated carbocycles. The zero-order valence-electron chi connectivity index (χ0n) is 17.7. The van der Waals surface area contributed by atoms with Crippen LogP contribution in [-0.4, -0.2) is 64.2 Å². The van der Waals surface area contributed by atoms with Crippen molar-refractivity contribution >= 4 is 5.95 Å². The SMILES string of the molecule is c1cncc(CN2CCC[C@H](c3nc(N4CCOCC4)ncc3-c3ccncc3)C2)c1. The van der Waals surface area contributed by atoms with E-state index in [1.165, 1.54) is 5.56 Å². The first kappa shape index (κ1) is 20.0. The molecule has 160 valence electrons. The highest BCUT2D eigenvalue weighted by molar-refractivity contribution is 5.66. The third-order valence-corrected chi connectivity index (χ3v) is 6.11. The Morgan fingerprint density at radius 2 is 1.84 bits per heavy atom. The van der Waals surface area contributed by atoms with E-state index < -0.39 is 0 Å². The smallest absolute Gasteiger partial charge is 0.225 e. The summed E-state index contributed by atoms with van der Waals surface area (Å²) in [6.07, 6.45) is 11.8. The fourth-order valence-electron chi connectivity index (χ4n) is 4.54. The summed E-state index contributed by atoms with van der Waals surface area (Å²) in [5.74, 6) is 1.19. The highest BCUT2D eigenvalue weighted by Gasteiger charge is 2.27. The molecule has 0 aromatic carbocycles. The zero-order valence-corrected chi connectivity index (χ0v) is 17.7. The van der Waals surface area contributed by atoms with Crippen molar-refractivity contribution < 1.29 is 4.74 Å². The summed E-state index contributed by atoms with van der Waals surface area (Å²) in [6.45, 7) is 6.16. The van der Waals surface area contributed by atoms with Crippen LogP contribution >= 0.6 is 0 Å². The van der Waals surface area contributed by atoms with Gasteiger partial charge in [-0.15, -0.1) is 0 Å². The van der Waals surface area contributed by atoms with E-state index in [2.05, 4.69) is 25.8 Å². The molecule has 5 heterocycles. The van der Waals surface area contributed by atoms with Crippen LogP contribution in [0.4, 0.5) is 5.95 Å². The zero-order chi connectivity index (χ0) is 20.9. The summed E-state index contributed by atoms with van der Waals surface area (Å²) < 4.78 is 5.52. The van der Waals surface area contributed by atoms with Gasteiger partial charge in [0, 0.05) is 68.6 Å². The lowest BCUT2D eigenvalue weighted by Crippen LogP contribution is -2.38. The van der Waals surface area contributed by atoms with Crippen molar-refractivity contribution in [3.63, 3.8) is 0 Å². The number of likely N-dealkylation sites (tertiary alicyclic amines) is 1. The molecule has 1 atom stereocenters. The molecule has 2 saturated heterocycles. The van der Waals surface area contributed by atoms with Crippen LogP contribution in [0.2, 0.25) is 0 Å². The molecular formula is C24H28N6O. The summed E-state index contributed by atoms with van der Waals surface area (Å²) in [5.41, 5.74) is 4.66. The fourth-order valence-corrected chi connectivity index (χ4v) is 4.54. The maximum atomic E-state index is 5.52. The van der Waals surface area contributed by atoms with Crippen molar-refractivity contribution in [1.29, 1.82) is 0 Å². The van der Waals surface area contributed by atoms with E-state index in [1.54, 1.807) is 0 Å². The predicted octanol–water partition coefficient (Wildman–Crippen LogP) is 3.15.